The molecule has 1 amide bonds. The Hall–Kier alpha value is -2.35. The summed E-state index contributed by atoms with van der Waals surface area (Å²) in [5.74, 6) is 0.858. The highest BCUT2D eigenvalue weighted by Crippen LogP contribution is 2.29. The topological polar surface area (TPSA) is 82.0 Å². The van der Waals surface area contributed by atoms with Crippen LogP contribution in [0.4, 0.5) is 10.5 Å². The van der Waals surface area contributed by atoms with Crippen LogP contribution in [-0.4, -0.2) is 43.7 Å². The van der Waals surface area contributed by atoms with Crippen molar-refractivity contribution in [3.8, 4) is 0 Å². The zero-order chi connectivity index (χ0) is 17.1. The van der Waals surface area contributed by atoms with E-state index in [0.717, 1.165) is 5.76 Å². The molecular weight excluding hydrogens is 324 g/mol. The third-order valence-electron chi connectivity index (χ3n) is 4.41. The Labute approximate surface area is 145 Å². The molecule has 0 bridgehead atoms. The summed E-state index contributed by atoms with van der Waals surface area (Å²) in [5, 5.41) is 6.07. The Morgan fingerprint density at radius 2 is 1.92 bits per heavy atom. The predicted molar refractivity (Wildman–Crippen MR) is 89.1 cm³/mol. The fraction of sp³-hybridized carbons (Fsp3) is 0.389. The van der Waals surface area contributed by atoms with Gasteiger partial charge < -0.3 is 23.9 Å². The average molecular weight is 344 g/mol. The Kier molecular flexibility index (Phi) is 4.69. The molecular formula is C18H20N2O5. The van der Waals surface area contributed by atoms with Gasteiger partial charge in [0, 0.05) is 5.69 Å². The lowest BCUT2D eigenvalue weighted by Crippen LogP contribution is -2.41. The molecule has 4 rings (SSSR count). The van der Waals surface area contributed by atoms with Crippen molar-refractivity contribution in [1.82, 2.24) is 5.32 Å². The number of nitrogens with one attached hydrogen (secondary N) is 2. The molecule has 2 aromatic rings. The van der Waals surface area contributed by atoms with E-state index < -0.39 is 12.2 Å². The number of amides is 1. The second kappa shape index (κ2) is 7.26. The molecule has 132 valence electrons. The molecule has 1 aromatic heterocycles. The van der Waals surface area contributed by atoms with E-state index in [2.05, 4.69) is 10.6 Å². The first-order valence-corrected chi connectivity index (χ1v) is 8.31. The molecule has 1 aromatic carbocycles. The Morgan fingerprint density at radius 3 is 2.72 bits per heavy atom. The Balaban J connectivity index is 1.28. The zero-order valence-electron chi connectivity index (χ0n) is 13.6. The number of hydrogen-bond acceptors (Lipinski definition) is 6. The van der Waals surface area contributed by atoms with Crippen LogP contribution in [0.2, 0.25) is 0 Å². The van der Waals surface area contributed by atoms with Crippen molar-refractivity contribution < 1.29 is 23.4 Å². The summed E-state index contributed by atoms with van der Waals surface area (Å²) >= 11 is 0. The van der Waals surface area contributed by atoms with E-state index in [4.69, 9.17) is 18.6 Å². The molecule has 0 saturated carbocycles. The lowest BCUT2D eigenvalue weighted by Gasteiger charge is -2.17. The second-order valence-corrected chi connectivity index (χ2v) is 6.10. The van der Waals surface area contributed by atoms with Crippen LogP contribution in [0.25, 0.3) is 0 Å². The minimum absolute atomic E-state index is 0.0425. The van der Waals surface area contributed by atoms with E-state index in [0.29, 0.717) is 25.4 Å². The second-order valence-electron chi connectivity index (χ2n) is 6.10. The van der Waals surface area contributed by atoms with Gasteiger partial charge in [-0.25, -0.2) is 4.79 Å². The van der Waals surface area contributed by atoms with Gasteiger partial charge in [0.2, 0.25) is 0 Å². The first-order chi connectivity index (χ1) is 12.3. The van der Waals surface area contributed by atoms with Gasteiger partial charge in [-0.3, -0.25) is 5.32 Å². The number of anilines is 1. The van der Waals surface area contributed by atoms with Gasteiger partial charge in [0.1, 0.15) is 18.0 Å². The molecule has 2 aliphatic rings. The molecule has 25 heavy (non-hydrogen) atoms. The van der Waals surface area contributed by atoms with Gasteiger partial charge in [0.05, 0.1) is 32.1 Å². The number of para-hydroxylation sites is 1. The zero-order valence-corrected chi connectivity index (χ0v) is 13.6. The molecule has 2 N–H and O–H groups in total. The van der Waals surface area contributed by atoms with Crippen LogP contribution in [0.1, 0.15) is 5.76 Å². The van der Waals surface area contributed by atoms with Gasteiger partial charge in [-0.1, -0.05) is 18.2 Å². The number of carbonyl (C=O) groups is 1. The van der Waals surface area contributed by atoms with Gasteiger partial charge in [0.25, 0.3) is 0 Å². The van der Waals surface area contributed by atoms with Gasteiger partial charge >= 0.3 is 6.09 Å². The smallest absolute Gasteiger partial charge is 0.412 e. The Bertz CT molecular complexity index is 691. The van der Waals surface area contributed by atoms with E-state index in [1.165, 1.54) is 0 Å². The molecule has 2 aliphatic heterocycles. The maximum absolute atomic E-state index is 12.0. The first-order valence-electron chi connectivity index (χ1n) is 8.31. The number of benzene rings is 1. The van der Waals surface area contributed by atoms with Crippen molar-refractivity contribution in [1.29, 1.82) is 0 Å². The molecule has 4 atom stereocenters. The minimum Gasteiger partial charge on any atom is -0.468 e. The molecule has 0 spiro atoms. The monoisotopic (exact) mass is 344 g/mol. The quantitative estimate of drug-likeness (QED) is 0.865. The van der Waals surface area contributed by atoms with Crippen LogP contribution < -0.4 is 10.6 Å². The summed E-state index contributed by atoms with van der Waals surface area (Å²) in [4.78, 5) is 12.0. The minimum atomic E-state index is -0.504. The third-order valence-corrected chi connectivity index (χ3v) is 4.41. The van der Waals surface area contributed by atoms with Gasteiger partial charge in [-0.15, -0.1) is 0 Å². The van der Waals surface area contributed by atoms with Crippen molar-refractivity contribution in [3.63, 3.8) is 0 Å². The van der Waals surface area contributed by atoms with E-state index in [1.807, 2.05) is 30.3 Å². The average Bonchev–Trinajstić information content (AvgIpc) is 3.33. The van der Waals surface area contributed by atoms with Crippen molar-refractivity contribution >= 4 is 11.8 Å². The number of fused-ring (bicyclic) bond motifs is 1. The summed E-state index contributed by atoms with van der Waals surface area (Å²) in [5.41, 5.74) is 0.688. The van der Waals surface area contributed by atoms with E-state index in [9.17, 15) is 4.79 Å². The normalized spacial score (nSPS) is 27.8. The van der Waals surface area contributed by atoms with Crippen LogP contribution in [0.3, 0.4) is 0 Å². The molecule has 0 aliphatic carbocycles. The molecule has 0 radical (unpaired) electrons. The fourth-order valence-electron chi connectivity index (χ4n) is 3.19. The van der Waals surface area contributed by atoms with E-state index in [1.54, 1.807) is 18.4 Å². The third kappa shape index (κ3) is 3.68. The number of carbonyl (C=O) groups excluding carboxylic acids is 1. The van der Waals surface area contributed by atoms with Crippen LogP contribution in [0.15, 0.2) is 53.1 Å². The highest BCUT2D eigenvalue weighted by atomic mass is 16.6. The summed E-state index contributed by atoms with van der Waals surface area (Å²) in [6.45, 7) is 1.44. The van der Waals surface area contributed by atoms with Crippen LogP contribution in [-0.2, 0) is 20.8 Å². The molecule has 0 unspecified atom stereocenters. The van der Waals surface area contributed by atoms with E-state index >= 15 is 0 Å². The number of rotatable bonds is 5. The Morgan fingerprint density at radius 1 is 1.08 bits per heavy atom. The molecule has 7 heteroatoms. The van der Waals surface area contributed by atoms with Gasteiger partial charge in [-0.2, -0.15) is 0 Å². The summed E-state index contributed by atoms with van der Waals surface area (Å²) in [6, 6.07) is 13.0. The first kappa shape index (κ1) is 16.1. The number of furan rings is 1. The highest BCUT2D eigenvalue weighted by Gasteiger charge is 2.49. The summed E-state index contributed by atoms with van der Waals surface area (Å²) in [7, 11) is 0. The van der Waals surface area contributed by atoms with Crippen molar-refractivity contribution in [2.45, 2.75) is 30.9 Å². The standard InChI is InChI=1S/C18H20N2O5/c21-18(20-12-5-2-1-3-6-12)25-15-11-24-16-14(10-23-17(15)16)19-9-13-7-4-8-22-13/h1-8,14-17,19H,9-11H2,(H,20,21)/t14-,15+,16+,17+/m0/s1. The molecule has 2 saturated heterocycles. The predicted octanol–water partition coefficient (Wildman–Crippen LogP) is 2.15. The van der Waals surface area contributed by atoms with Gasteiger partial charge in [-0.05, 0) is 24.3 Å². The molecule has 7 nitrogen and oxygen atoms in total. The SMILES string of the molecule is O=C(Nc1ccccc1)O[C@@H]1CO[C@H]2[C@@H]1OC[C@@H]2NCc1ccco1. The molecule has 2 fully saturated rings. The van der Waals surface area contributed by atoms with Gasteiger partial charge in [0.15, 0.2) is 6.10 Å². The van der Waals surface area contributed by atoms with Crippen LogP contribution >= 0.6 is 0 Å². The lowest BCUT2D eigenvalue weighted by molar-refractivity contribution is 0.00852. The number of ether oxygens (including phenoxy) is 3. The lowest BCUT2D eigenvalue weighted by atomic mass is 10.1. The molecule has 3 heterocycles. The van der Waals surface area contributed by atoms with Crippen LogP contribution in [0, 0.1) is 0 Å². The summed E-state index contributed by atoms with van der Waals surface area (Å²) in [6.07, 6.45) is 0.340. The maximum Gasteiger partial charge on any atom is 0.412 e. The summed E-state index contributed by atoms with van der Waals surface area (Å²) < 4.78 is 22.4. The fourth-order valence-corrected chi connectivity index (χ4v) is 3.19. The van der Waals surface area contributed by atoms with Crippen molar-refractivity contribution in [2.75, 3.05) is 18.5 Å². The van der Waals surface area contributed by atoms with E-state index in [-0.39, 0.29) is 18.2 Å². The largest absolute Gasteiger partial charge is 0.468 e. The highest BCUT2D eigenvalue weighted by molar-refractivity contribution is 5.84. The van der Waals surface area contributed by atoms with Crippen LogP contribution in [0.5, 0.6) is 0 Å². The maximum atomic E-state index is 12.0. The number of hydrogen-bond donors (Lipinski definition) is 2. The van der Waals surface area contributed by atoms with Crippen molar-refractivity contribution in [2.24, 2.45) is 0 Å². The van der Waals surface area contributed by atoms with Crippen molar-refractivity contribution in [3.05, 3.63) is 54.5 Å².